The van der Waals surface area contributed by atoms with Crippen LogP contribution in [0, 0.1) is 35.2 Å². The van der Waals surface area contributed by atoms with E-state index < -0.39 is 29.0 Å². The number of rotatable bonds is 6. The Labute approximate surface area is 188 Å². The molecule has 0 aliphatic heterocycles. The van der Waals surface area contributed by atoms with Gasteiger partial charge in [-0.3, -0.25) is 0 Å². The van der Waals surface area contributed by atoms with E-state index in [2.05, 4.69) is 11.7 Å². The number of benzene rings is 2. The van der Waals surface area contributed by atoms with E-state index in [0.29, 0.717) is 5.92 Å². The highest BCUT2D eigenvalue weighted by atomic mass is 19.1. The van der Waals surface area contributed by atoms with Gasteiger partial charge in [0.15, 0.2) is 5.82 Å². The largest absolute Gasteiger partial charge is 0.465 e. The third-order valence-electron chi connectivity index (χ3n) is 7.90. The highest BCUT2D eigenvalue weighted by molar-refractivity contribution is 5.96. The van der Waals surface area contributed by atoms with E-state index in [4.69, 9.17) is 0 Å². The average molecular weight is 447 g/mol. The molecule has 0 saturated heterocycles. The van der Waals surface area contributed by atoms with Crippen molar-refractivity contribution in [2.45, 2.75) is 77.0 Å². The van der Waals surface area contributed by atoms with Crippen LogP contribution in [0.3, 0.4) is 0 Å². The highest BCUT2D eigenvalue weighted by Gasteiger charge is 2.36. The summed E-state index contributed by atoms with van der Waals surface area (Å²) < 4.78 is 48.6. The Bertz CT molecular complexity index is 987. The molecule has 4 atom stereocenters. The summed E-state index contributed by atoms with van der Waals surface area (Å²) in [5.74, 6) is -1.63. The van der Waals surface area contributed by atoms with Crippen molar-refractivity contribution in [3.05, 3.63) is 46.8 Å². The lowest BCUT2D eigenvalue weighted by atomic mass is 9.63. The lowest BCUT2D eigenvalue weighted by molar-refractivity contribution is 0.0590. The first-order valence-electron chi connectivity index (χ1n) is 12.1. The number of hydrogen-bond acceptors (Lipinski definition) is 2. The summed E-state index contributed by atoms with van der Waals surface area (Å²) in [6, 6.07) is 4.13. The molecule has 174 valence electrons. The first kappa shape index (κ1) is 23.1. The molecule has 0 N–H and O–H groups in total. The maximum Gasteiger partial charge on any atom is 0.343 e. The van der Waals surface area contributed by atoms with Gasteiger partial charge in [-0.2, -0.15) is 0 Å². The molecular weight excluding hydrogens is 413 g/mol. The van der Waals surface area contributed by atoms with Crippen molar-refractivity contribution in [1.82, 2.24) is 0 Å². The summed E-state index contributed by atoms with van der Waals surface area (Å²) in [4.78, 5) is 11.7. The fourth-order valence-electron chi connectivity index (χ4n) is 6.19. The van der Waals surface area contributed by atoms with Gasteiger partial charge in [-0.25, -0.2) is 18.0 Å². The quantitative estimate of drug-likeness (QED) is 0.333. The molecule has 0 heterocycles. The highest BCUT2D eigenvalue weighted by Crippen LogP contribution is 2.49. The molecule has 2 nitrogen and oxygen atoms in total. The van der Waals surface area contributed by atoms with Gasteiger partial charge in [-0.15, -0.1) is 0 Å². The minimum absolute atomic E-state index is 0.157. The van der Waals surface area contributed by atoms with E-state index >= 15 is 0 Å². The average Bonchev–Trinajstić information content (AvgIpc) is 2.78. The van der Waals surface area contributed by atoms with Crippen LogP contribution in [0.25, 0.3) is 10.8 Å². The van der Waals surface area contributed by atoms with Gasteiger partial charge in [0.1, 0.15) is 17.2 Å². The molecule has 4 rings (SSSR count). The fraction of sp³-hybridized carbons (Fsp3) is 0.593. The second kappa shape index (κ2) is 9.84. The van der Waals surface area contributed by atoms with Crippen molar-refractivity contribution < 1.29 is 22.7 Å². The molecule has 2 fully saturated rings. The lowest BCUT2D eigenvalue weighted by Crippen LogP contribution is -2.30. The van der Waals surface area contributed by atoms with Gasteiger partial charge in [0.2, 0.25) is 0 Å². The molecule has 4 unspecified atom stereocenters. The Morgan fingerprint density at radius 3 is 2.47 bits per heavy atom. The van der Waals surface area contributed by atoms with Crippen molar-refractivity contribution in [3.8, 4) is 0 Å². The van der Waals surface area contributed by atoms with Gasteiger partial charge >= 0.3 is 5.97 Å². The maximum atomic E-state index is 15.0. The number of hydrogen-bond donors (Lipinski definition) is 0. The zero-order chi connectivity index (χ0) is 22.8. The zero-order valence-electron chi connectivity index (χ0n) is 19.1. The fourth-order valence-corrected chi connectivity index (χ4v) is 6.19. The topological polar surface area (TPSA) is 26.3 Å². The first-order valence-corrected chi connectivity index (χ1v) is 12.1. The van der Waals surface area contributed by atoms with Crippen molar-refractivity contribution in [1.29, 1.82) is 0 Å². The van der Waals surface area contributed by atoms with Gasteiger partial charge < -0.3 is 4.74 Å². The van der Waals surface area contributed by atoms with Crippen LogP contribution in [0.4, 0.5) is 13.2 Å². The van der Waals surface area contributed by atoms with Crippen LogP contribution >= 0.6 is 0 Å². The Morgan fingerprint density at radius 2 is 1.72 bits per heavy atom. The van der Waals surface area contributed by atoms with Gasteiger partial charge in [-0.05, 0) is 78.9 Å². The van der Waals surface area contributed by atoms with E-state index in [1.165, 1.54) is 51.0 Å². The summed E-state index contributed by atoms with van der Waals surface area (Å²) in [6.45, 7) is 2.24. The summed E-state index contributed by atoms with van der Waals surface area (Å²) in [7, 11) is 1.04. The molecule has 0 bridgehead atoms. The molecule has 2 aromatic carbocycles. The first-order chi connectivity index (χ1) is 15.4. The minimum atomic E-state index is -1.19. The number of carbonyl (C=O) groups is 1. The summed E-state index contributed by atoms with van der Waals surface area (Å²) in [6.07, 6.45) is 12.3. The number of methoxy groups -OCH3 is 1. The van der Waals surface area contributed by atoms with Crippen molar-refractivity contribution in [2.75, 3.05) is 7.11 Å². The standard InChI is InChI=1S/C27H33F3O2/c1-3-4-5-6-16-7-8-18-12-19(10-9-17(18)11-16)20-13-21-15-23(29)25(27(31)32-2)26(30)24(21)22(28)14-20/h13-19H,3-12H2,1-2H3. The number of unbranched alkanes of at least 4 members (excludes halogenated alkanes) is 2. The van der Waals surface area contributed by atoms with Crippen LogP contribution < -0.4 is 0 Å². The van der Waals surface area contributed by atoms with Gasteiger partial charge in [0, 0.05) is 0 Å². The van der Waals surface area contributed by atoms with Crippen molar-refractivity contribution >= 4 is 16.7 Å². The third-order valence-corrected chi connectivity index (χ3v) is 7.90. The summed E-state index contributed by atoms with van der Waals surface area (Å²) in [5.41, 5.74) is -0.0361. The Balaban J connectivity index is 1.52. The molecule has 2 aromatic rings. The third kappa shape index (κ3) is 4.53. The number of ether oxygens (including phenoxy) is 1. The second-order valence-electron chi connectivity index (χ2n) is 9.84. The molecule has 32 heavy (non-hydrogen) atoms. The van der Waals surface area contributed by atoms with E-state index in [9.17, 15) is 18.0 Å². The molecule has 2 aliphatic carbocycles. The predicted octanol–water partition coefficient (Wildman–Crippen LogP) is 7.92. The molecule has 0 radical (unpaired) electrons. The predicted molar refractivity (Wildman–Crippen MR) is 120 cm³/mol. The second-order valence-corrected chi connectivity index (χ2v) is 9.84. The lowest BCUT2D eigenvalue weighted by Gasteiger charge is -2.42. The summed E-state index contributed by atoms with van der Waals surface area (Å²) in [5, 5.41) is -0.193. The SMILES string of the molecule is CCCCCC1CCC2CC(c3cc(F)c4c(F)c(C(=O)OC)c(F)cc4c3)CCC2C1. The number of carbonyl (C=O) groups excluding carboxylic acids is 1. The summed E-state index contributed by atoms with van der Waals surface area (Å²) >= 11 is 0. The number of halogens is 3. The van der Waals surface area contributed by atoms with Gasteiger partial charge in [-0.1, -0.05) is 45.1 Å². The smallest absolute Gasteiger partial charge is 0.343 e. The molecule has 5 heteroatoms. The van der Waals surface area contributed by atoms with Gasteiger partial charge in [0.05, 0.1) is 12.5 Å². The van der Waals surface area contributed by atoms with Gasteiger partial charge in [0.25, 0.3) is 0 Å². The van der Waals surface area contributed by atoms with Crippen molar-refractivity contribution in [2.24, 2.45) is 17.8 Å². The van der Waals surface area contributed by atoms with E-state index in [1.807, 2.05) is 0 Å². The molecule has 0 spiro atoms. The molecule has 2 saturated carbocycles. The van der Waals surface area contributed by atoms with E-state index in [-0.39, 0.29) is 16.7 Å². The normalized spacial score (nSPS) is 25.5. The van der Waals surface area contributed by atoms with Crippen LogP contribution in [-0.4, -0.2) is 13.1 Å². The molecule has 2 aliphatic rings. The van der Waals surface area contributed by atoms with Crippen LogP contribution in [0.1, 0.15) is 93.0 Å². The molecule has 0 aromatic heterocycles. The zero-order valence-corrected chi connectivity index (χ0v) is 19.1. The number of fused-ring (bicyclic) bond motifs is 2. The molecular formula is C27H33F3O2. The number of esters is 1. The maximum absolute atomic E-state index is 15.0. The Hall–Kier alpha value is -2.04. The van der Waals surface area contributed by atoms with Crippen molar-refractivity contribution in [3.63, 3.8) is 0 Å². The Kier molecular flexibility index (Phi) is 7.11. The van der Waals surface area contributed by atoms with Crippen LogP contribution in [0.5, 0.6) is 0 Å². The van der Waals surface area contributed by atoms with Crippen LogP contribution in [-0.2, 0) is 4.74 Å². The van der Waals surface area contributed by atoms with E-state index in [1.54, 1.807) is 6.07 Å². The van der Waals surface area contributed by atoms with E-state index in [0.717, 1.165) is 49.8 Å². The Morgan fingerprint density at radius 1 is 0.969 bits per heavy atom. The van der Waals surface area contributed by atoms with Crippen LogP contribution in [0.2, 0.25) is 0 Å². The monoisotopic (exact) mass is 446 g/mol. The van der Waals surface area contributed by atoms with Crippen LogP contribution in [0.15, 0.2) is 18.2 Å². The molecule has 0 amide bonds. The minimum Gasteiger partial charge on any atom is -0.465 e.